The summed E-state index contributed by atoms with van der Waals surface area (Å²) in [5, 5.41) is 14.2. The summed E-state index contributed by atoms with van der Waals surface area (Å²) >= 11 is 0. The van der Waals surface area contributed by atoms with E-state index in [-0.39, 0.29) is 12.1 Å². The van der Waals surface area contributed by atoms with Crippen molar-refractivity contribution >= 4 is 17.0 Å². The van der Waals surface area contributed by atoms with Gasteiger partial charge in [-0.3, -0.25) is 14.0 Å². The minimum absolute atomic E-state index is 0.240. The first kappa shape index (κ1) is 13.2. The number of methoxy groups -OCH3 is 1. The van der Waals surface area contributed by atoms with Gasteiger partial charge < -0.3 is 9.84 Å². The zero-order chi connectivity index (χ0) is 14.2. The second kappa shape index (κ2) is 4.47. The standard InChI is InChI=1S/C11H14N4O4/c1-11(18,10(17)19-3)5-15-6-12-8-7(9(15)16)4-13-14(8)2/h4,6,18H,5H2,1-3H3. The van der Waals surface area contributed by atoms with E-state index in [1.165, 1.54) is 31.2 Å². The van der Waals surface area contributed by atoms with Crippen LogP contribution in [0.15, 0.2) is 17.3 Å². The van der Waals surface area contributed by atoms with Crippen LogP contribution in [0.1, 0.15) is 6.92 Å². The molecular weight excluding hydrogens is 252 g/mol. The van der Waals surface area contributed by atoms with E-state index in [1.54, 1.807) is 7.05 Å². The molecule has 8 heteroatoms. The zero-order valence-corrected chi connectivity index (χ0v) is 10.8. The quantitative estimate of drug-likeness (QED) is 0.719. The molecule has 2 aromatic heterocycles. The van der Waals surface area contributed by atoms with Gasteiger partial charge in [-0.15, -0.1) is 0 Å². The number of esters is 1. The van der Waals surface area contributed by atoms with E-state index in [1.807, 2.05) is 0 Å². The van der Waals surface area contributed by atoms with Crippen LogP contribution in [0.3, 0.4) is 0 Å². The molecule has 2 heterocycles. The lowest BCUT2D eigenvalue weighted by molar-refractivity contribution is -0.161. The van der Waals surface area contributed by atoms with Gasteiger partial charge in [-0.05, 0) is 6.92 Å². The minimum Gasteiger partial charge on any atom is -0.467 e. The molecule has 0 saturated carbocycles. The van der Waals surface area contributed by atoms with Crippen LogP contribution >= 0.6 is 0 Å². The third kappa shape index (κ3) is 2.22. The summed E-state index contributed by atoms with van der Waals surface area (Å²) in [7, 11) is 2.84. The van der Waals surface area contributed by atoms with E-state index >= 15 is 0 Å². The predicted molar refractivity (Wildman–Crippen MR) is 65.4 cm³/mol. The maximum absolute atomic E-state index is 12.1. The van der Waals surface area contributed by atoms with Gasteiger partial charge in [-0.2, -0.15) is 5.10 Å². The Hall–Kier alpha value is -2.22. The minimum atomic E-state index is -1.80. The van der Waals surface area contributed by atoms with Crippen molar-refractivity contribution < 1.29 is 14.6 Å². The number of nitrogens with zero attached hydrogens (tertiary/aromatic N) is 4. The van der Waals surface area contributed by atoms with Gasteiger partial charge in [0.05, 0.1) is 19.9 Å². The number of ether oxygens (including phenoxy) is 1. The van der Waals surface area contributed by atoms with Crippen LogP contribution in [-0.4, -0.2) is 43.1 Å². The van der Waals surface area contributed by atoms with E-state index in [0.29, 0.717) is 11.0 Å². The van der Waals surface area contributed by atoms with E-state index in [0.717, 1.165) is 4.57 Å². The van der Waals surface area contributed by atoms with Crippen molar-refractivity contribution in [2.24, 2.45) is 7.05 Å². The number of rotatable bonds is 3. The van der Waals surface area contributed by atoms with Crippen molar-refractivity contribution in [3.63, 3.8) is 0 Å². The van der Waals surface area contributed by atoms with Crippen molar-refractivity contribution in [2.75, 3.05) is 7.11 Å². The van der Waals surface area contributed by atoms with Gasteiger partial charge in [0, 0.05) is 7.05 Å². The van der Waals surface area contributed by atoms with Gasteiger partial charge in [-0.1, -0.05) is 0 Å². The van der Waals surface area contributed by atoms with Gasteiger partial charge in [0.2, 0.25) is 0 Å². The molecule has 0 aliphatic carbocycles. The number of hydrogen-bond donors (Lipinski definition) is 1. The number of aryl methyl sites for hydroxylation is 1. The largest absolute Gasteiger partial charge is 0.467 e. The van der Waals surface area contributed by atoms with E-state index in [9.17, 15) is 14.7 Å². The Balaban J connectivity index is 2.45. The molecule has 1 unspecified atom stereocenters. The maximum Gasteiger partial charge on any atom is 0.339 e. The molecule has 2 rings (SSSR count). The molecule has 8 nitrogen and oxygen atoms in total. The molecule has 1 N–H and O–H groups in total. The summed E-state index contributed by atoms with van der Waals surface area (Å²) in [6.45, 7) is 1.04. The van der Waals surface area contributed by atoms with Gasteiger partial charge in [0.15, 0.2) is 11.2 Å². The first-order valence-electron chi connectivity index (χ1n) is 5.55. The topological polar surface area (TPSA) is 99.2 Å². The number of aliphatic hydroxyl groups is 1. The highest BCUT2D eigenvalue weighted by Gasteiger charge is 2.32. The Kier molecular flexibility index (Phi) is 3.11. The summed E-state index contributed by atoms with van der Waals surface area (Å²) in [5.74, 6) is -0.814. The van der Waals surface area contributed by atoms with Crippen LogP contribution in [-0.2, 0) is 23.1 Å². The van der Waals surface area contributed by atoms with E-state index in [2.05, 4.69) is 14.8 Å². The first-order valence-corrected chi connectivity index (χ1v) is 5.55. The van der Waals surface area contributed by atoms with Crippen LogP contribution in [0.2, 0.25) is 0 Å². The molecule has 0 aromatic carbocycles. The monoisotopic (exact) mass is 266 g/mol. The zero-order valence-electron chi connectivity index (χ0n) is 10.8. The van der Waals surface area contributed by atoms with Crippen molar-refractivity contribution in [2.45, 2.75) is 19.1 Å². The second-order valence-electron chi connectivity index (χ2n) is 4.45. The lowest BCUT2D eigenvalue weighted by Gasteiger charge is -2.20. The maximum atomic E-state index is 12.1. The van der Waals surface area contributed by atoms with Crippen LogP contribution in [0.25, 0.3) is 11.0 Å². The smallest absolute Gasteiger partial charge is 0.339 e. The van der Waals surface area contributed by atoms with Crippen molar-refractivity contribution in [3.8, 4) is 0 Å². The Bertz CT molecular complexity index is 686. The number of carbonyl (C=O) groups excluding carboxylic acids is 1. The lowest BCUT2D eigenvalue weighted by atomic mass is 10.1. The van der Waals surface area contributed by atoms with E-state index < -0.39 is 11.6 Å². The summed E-state index contributed by atoms with van der Waals surface area (Å²) in [4.78, 5) is 27.6. The Morgan fingerprint density at radius 2 is 2.26 bits per heavy atom. The molecule has 2 aromatic rings. The summed E-state index contributed by atoms with van der Waals surface area (Å²) in [6.07, 6.45) is 2.66. The summed E-state index contributed by atoms with van der Waals surface area (Å²) in [6, 6.07) is 0. The van der Waals surface area contributed by atoms with Gasteiger partial charge >= 0.3 is 5.97 Å². The molecule has 0 amide bonds. The highest BCUT2D eigenvalue weighted by molar-refractivity contribution is 5.78. The summed E-state index contributed by atoms with van der Waals surface area (Å²) < 4.78 is 7.10. The molecule has 0 bridgehead atoms. The van der Waals surface area contributed by atoms with Gasteiger partial charge in [0.1, 0.15) is 11.7 Å². The van der Waals surface area contributed by atoms with Crippen LogP contribution < -0.4 is 5.56 Å². The molecule has 0 aliphatic heterocycles. The highest BCUT2D eigenvalue weighted by atomic mass is 16.5. The third-order valence-corrected chi connectivity index (χ3v) is 2.82. The Morgan fingerprint density at radius 3 is 2.89 bits per heavy atom. The normalized spacial score (nSPS) is 14.3. The molecule has 0 spiro atoms. The molecule has 0 saturated heterocycles. The van der Waals surface area contributed by atoms with Crippen LogP contribution in [0.5, 0.6) is 0 Å². The Labute approximate surface area is 108 Å². The molecule has 1 atom stereocenters. The first-order chi connectivity index (χ1) is 8.86. The van der Waals surface area contributed by atoms with E-state index in [4.69, 9.17) is 0 Å². The fraction of sp³-hybridized carbons (Fsp3) is 0.455. The number of fused-ring (bicyclic) bond motifs is 1. The molecular formula is C11H14N4O4. The summed E-state index contributed by atoms with van der Waals surface area (Å²) in [5.41, 5.74) is -1.72. The van der Waals surface area contributed by atoms with Gasteiger partial charge in [-0.25, -0.2) is 9.78 Å². The number of aromatic nitrogens is 4. The average molecular weight is 266 g/mol. The van der Waals surface area contributed by atoms with Crippen LogP contribution in [0, 0.1) is 0 Å². The second-order valence-corrected chi connectivity index (χ2v) is 4.45. The van der Waals surface area contributed by atoms with Gasteiger partial charge in [0.25, 0.3) is 5.56 Å². The molecule has 0 radical (unpaired) electrons. The lowest BCUT2D eigenvalue weighted by Crippen LogP contribution is -2.43. The molecule has 102 valence electrons. The van der Waals surface area contributed by atoms with Crippen LogP contribution in [0.4, 0.5) is 0 Å². The number of hydrogen-bond acceptors (Lipinski definition) is 6. The van der Waals surface area contributed by atoms with Crippen molar-refractivity contribution in [3.05, 3.63) is 22.9 Å². The SMILES string of the molecule is COC(=O)C(C)(O)Cn1cnc2c(cnn2C)c1=O. The molecule has 19 heavy (non-hydrogen) atoms. The predicted octanol–water partition coefficient (Wildman–Crippen LogP) is -0.946. The molecule has 0 aliphatic rings. The van der Waals surface area contributed by atoms with Crippen molar-refractivity contribution in [1.82, 2.24) is 19.3 Å². The molecule has 0 fully saturated rings. The van der Waals surface area contributed by atoms with Crippen molar-refractivity contribution in [1.29, 1.82) is 0 Å². The fourth-order valence-corrected chi connectivity index (χ4v) is 1.80. The average Bonchev–Trinajstić information content (AvgIpc) is 2.74. The Morgan fingerprint density at radius 1 is 1.58 bits per heavy atom. The highest BCUT2D eigenvalue weighted by Crippen LogP contribution is 2.10. The fourth-order valence-electron chi connectivity index (χ4n) is 1.80. The third-order valence-electron chi connectivity index (χ3n) is 2.82. The number of carbonyl (C=O) groups is 1.